The van der Waals surface area contributed by atoms with Crippen LogP contribution in [-0.2, 0) is 11.2 Å². The van der Waals surface area contributed by atoms with Crippen LogP contribution in [0, 0.1) is 17.2 Å². The average Bonchev–Trinajstić information content (AvgIpc) is 3.61. The number of carbonyl (C=O) groups is 1. The summed E-state index contributed by atoms with van der Waals surface area (Å²) in [6.07, 6.45) is 1.85. The van der Waals surface area contributed by atoms with E-state index in [1.807, 2.05) is 12.1 Å². The molecule has 0 amide bonds. The second-order valence-corrected chi connectivity index (χ2v) is 10.9. The Balaban J connectivity index is 1.57. The fraction of sp³-hybridized carbons (Fsp3) is 0.519. The van der Waals surface area contributed by atoms with Crippen molar-refractivity contribution in [1.29, 1.82) is 0 Å². The molecule has 1 saturated carbocycles. The molecule has 5 nitrogen and oxygen atoms in total. The Hall–Kier alpha value is -2.25. The Morgan fingerprint density at radius 1 is 1.26 bits per heavy atom. The summed E-state index contributed by atoms with van der Waals surface area (Å²) < 4.78 is 28.6. The van der Waals surface area contributed by atoms with Crippen LogP contribution in [0.2, 0.25) is 0 Å². The van der Waals surface area contributed by atoms with Crippen LogP contribution in [0.25, 0.3) is 0 Å². The standard InChI is InChI=1S/C27H35FN2O3S/c1-6-30(7-2)16-27(3,4)14-17-12-19(28)8-11-23(17)34-29-22-10-9-20-21-13-18(21)15-33-25(20)24(22)26(31)32-5/h8-12,18,21,29H,6-7,13-16H2,1-5H3/t18-,21?/m0/s1. The zero-order valence-electron chi connectivity index (χ0n) is 20.7. The fourth-order valence-corrected chi connectivity index (χ4v) is 5.75. The van der Waals surface area contributed by atoms with Crippen molar-refractivity contribution >= 4 is 23.6 Å². The average molecular weight is 487 g/mol. The summed E-state index contributed by atoms with van der Waals surface area (Å²) in [5.74, 6) is 1.02. The van der Waals surface area contributed by atoms with E-state index in [4.69, 9.17) is 9.47 Å². The molecule has 0 aromatic heterocycles. The van der Waals surface area contributed by atoms with Gasteiger partial charge in [-0.3, -0.25) is 0 Å². The van der Waals surface area contributed by atoms with E-state index in [9.17, 15) is 9.18 Å². The molecule has 1 aliphatic heterocycles. The number of fused-ring (bicyclic) bond motifs is 3. The number of rotatable bonds is 10. The molecule has 2 aliphatic rings. The maximum Gasteiger partial charge on any atom is 0.343 e. The highest BCUT2D eigenvalue weighted by atomic mass is 32.2. The second kappa shape index (κ2) is 10.2. The summed E-state index contributed by atoms with van der Waals surface area (Å²) in [6.45, 7) is 12.3. The summed E-state index contributed by atoms with van der Waals surface area (Å²) in [6, 6.07) is 8.88. The molecule has 7 heteroatoms. The van der Waals surface area contributed by atoms with Gasteiger partial charge in [-0.25, -0.2) is 9.18 Å². The first-order chi connectivity index (χ1) is 16.3. The molecule has 0 saturated heterocycles. The molecule has 1 heterocycles. The lowest BCUT2D eigenvalue weighted by molar-refractivity contribution is 0.0596. The van der Waals surface area contributed by atoms with Gasteiger partial charge in [0.05, 0.1) is 19.4 Å². The molecule has 34 heavy (non-hydrogen) atoms. The third-order valence-electron chi connectivity index (χ3n) is 6.85. The SMILES string of the molecule is CCN(CC)CC(C)(C)Cc1cc(F)ccc1SNc1ccc2c(c1C(=O)OC)OC[C@@H]1CC21. The first kappa shape index (κ1) is 24.9. The molecule has 2 aromatic rings. The molecular formula is C27H35FN2O3S. The highest BCUT2D eigenvalue weighted by Gasteiger charge is 2.45. The van der Waals surface area contributed by atoms with Crippen LogP contribution in [0.15, 0.2) is 35.2 Å². The molecule has 2 aromatic carbocycles. The van der Waals surface area contributed by atoms with Crippen LogP contribution in [0.4, 0.5) is 10.1 Å². The molecule has 2 atom stereocenters. The topological polar surface area (TPSA) is 50.8 Å². The quantitative estimate of drug-likeness (QED) is 0.322. The highest BCUT2D eigenvalue weighted by molar-refractivity contribution is 8.00. The van der Waals surface area contributed by atoms with E-state index in [1.165, 1.54) is 25.1 Å². The monoisotopic (exact) mass is 486 g/mol. The van der Waals surface area contributed by atoms with Crippen molar-refractivity contribution in [2.24, 2.45) is 11.3 Å². The predicted octanol–water partition coefficient (Wildman–Crippen LogP) is 6.14. The number of halogens is 1. The van der Waals surface area contributed by atoms with Gasteiger partial charge in [-0.15, -0.1) is 0 Å². The van der Waals surface area contributed by atoms with Crippen molar-refractivity contribution in [2.45, 2.75) is 51.3 Å². The molecule has 4 rings (SSSR count). The molecule has 1 N–H and O–H groups in total. The lowest BCUT2D eigenvalue weighted by Gasteiger charge is -2.32. The number of nitrogens with one attached hydrogen (secondary N) is 1. The van der Waals surface area contributed by atoms with Crippen molar-refractivity contribution in [2.75, 3.05) is 38.1 Å². The van der Waals surface area contributed by atoms with Gasteiger partial charge in [0, 0.05) is 17.4 Å². The van der Waals surface area contributed by atoms with E-state index in [1.54, 1.807) is 12.1 Å². The number of esters is 1. The molecule has 0 radical (unpaired) electrons. The Morgan fingerprint density at radius 3 is 2.74 bits per heavy atom. The van der Waals surface area contributed by atoms with Crippen molar-refractivity contribution in [3.63, 3.8) is 0 Å². The van der Waals surface area contributed by atoms with Crippen LogP contribution in [0.1, 0.15) is 61.5 Å². The van der Waals surface area contributed by atoms with E-state index in [0.717, 1.165) is 48.5 Å². The van der Waals surface area contributed by atoms with Gasteiger partial charge in [0.15, 0.2) is 0 Å². The zero-order chi connectivity index (χ0) is 24.5. The van der Waals surface area contributed by atoms with Gasteiger partial charge in [-0.1, -0.05) is 33.8 Å². The lowest BCUT2D eigenvalue weighted by atomic mass is 9.85. The van der Waals surface area contributed by atoms with Crippen LogP contribution in [0.5, 0.6) is 5.75 Å². The third-order valence-corrected chi connectivity index (χ3v) is 7.79. The van der Waals surface area contributed by atoms with E-state index in [2.05, 4.69) is 37.3 Å². The number of methoxy groups -OCH3 is 1. The molecule has 1 unspecified atom stereocenters. The maximum atomic E-state index is 14.2. The van der Waals surface area contributed by atoms with Gasteiger partial charge >= 0.3 is 5.97 Å². The van der Waals surface area contributed by atoms with Gasteiger partial charge in [-0.05, 0) is 84.6 Å². The third kappa shape index (κ3) is 5.36. The molecular weight excluding hydrogens is 451 g/mol. The normalized spacial score (nSPS) is 18.7. The maximum absolute atomic E-state index is 14.2. The van der Waals surface area contributed by atoms with Crippen molar-refractivity contribution in [1.82, 2.24) is 4.90 Å². The molecule has 1 fully saturated rings. The van der Waals surface area contributed by atoms with Crippen LogP contribution in [-0.4, -0.2) is 44.2 Å². The number of hydrogen-bond donors (Lipinski definition) is 1. The first-order valence-corrected chi connectivity index (χ1v) is 12.9. The summed E-state index contributed by atoms with van der Waals surface area (Å²) in [4.78, 5) is 16.0. The summed E-state index contributed by atoms with van der Waals surface area (Å²) in [5, 5.41) is 0. The Morgan fingerprint density at radius 2 is 2.03 bits per heavy atom. The first-order valence-electron chi connectivity index (χ1n) is 12.1. The van der Waals surface area contributed by atoms with Crippen molar-refractivity contribution in [3.8, 4) is 5.75 Å². The van der Waals surface area contributed by atoms with Crippen molar-refractivity contribution in [3.05, 3.63) is 52.8 Å². The number of anilines is 1. The highest BCUT2D eigenvalue weighted by Crippen LogP contribution is 2.55. The van der Waals surface area contributed by atoms with Gasteiger partial charge in [-0.2, -0.15) is 0 Å². The summed E-state index contributed by atoms with van der Waals surface area (Å²) in [5.41, 5.74) is 3.10. The minimum absolute atomic E-state index is 0.0211. The number of ether oxygens (including phenoxy) is 2. The van der Waals surface area contributed by atoms with Crippen LogP contribution >= 0.6 is 11.9 Å². The number of carbonyl (C=O) groups excluding carboxylic acids is 1. The second-order valence-electron chi connectivity index (χ2n) is 10.1. The molecule has 0 bridgehead atoms. The number of benzene rings is 2. The molecule has 0 spiro atoms. The Bertz CT molecular complexity index is 1050. The summed E-state index contributed by atoms with van der Waals surface area (Å²) in [7, 11) is 1.39. The zero-order valence-corrected chi connectivity index (χ0v) is 21.6. The van der Waals surface area contributed by atoms with Gasteiger partial charge in [0.2, 0.25) is 0 Å². The van der Waals surface area contributed by atoms with E-state index in [0.29, 0.717) is 35.4 Å². The Labute approximate surface area is 206 Å². The minimum Gasteiger partial charge on any atom is -0.492 e. The molecule has 1 aliphatic carbocycles. The van der Waals surface area contributed by atoms with Crippen LogP contribution in [0.3, 0.4) is 0 Å². The van der Waals surface area contributed by atoms with Crippen molar-refractivity contribution < 1.29 is 18.7 Å². The van der Waals surface area contributed by atoms with Gasteiger partial charge in [0.25, 0.3) is 0 Å². The lowest BCUT2D eigenvalue weighted by Crippen LogP contribution is -2.35. The van der Waals surface area contributed by atoms with E-state index < -0.39 is 5.97 Å². The molecule has 184 valence electrons. The predicted molar refractivity (Wildman–Crippen MR) is 135 cm³/mol. The van der Waals surface area contributed by atoms with E-state index >= 15 is 0 Å². The fourth-order valence-electron chi connectivity index (χ4n) is 4.96. The number of hydrogen-bond acceptors (Lipinski definition) is 6. The minimum atomic E-state index is -0.418. The summed E-state index contributed by atoms with van der Waals surface area (Å²) >= 11 is 1.39. The van der Waals surface area contributed by atoms with Gasteiger partial charge < -0.3 is 19.1 Å². The van der Waals surface area contributed by atoms with Gasteiger partial charge in [0.1, 0.15) is 17.1 Å². The Kier molecular flexibility index (Phi) is 7.43. The smallest absolute Gasteiger partial charge is 0.343 e. The van der Waals surface area contributed by atoms with E-state index in [-0.39, 0.29) is 11.2 Å². The van der Waals surface area contributed by atoms with Crippen LogP contribution < -0.4 is 9.46 Å². The number of nitrogens with zero attached hydrogens (tertiary/aromatic N) is 1. The largest absolute Gasteiger partial charge is 0.492 e.